The van der Waals surface area contributed by atoms with Crippen LogP contribution in [0, 0.1) is 5.41 Å². The molecule has 0 spiro atoms. The summed E-state index contributed by atoms with van der Waals surface area (Å²) in [5, 5.41) is 0. The SMILES string of the molecule is CC(Br)C(Br)C(C)(C)C. The minimum Gasteiger partial charge on any atom is -0.0881 e. The van der Waals surface area contributed by atoms with Crippen LogP contribution in [0.2, 0.25) is 0 Å². The first-order valence-electron chi connectivity index (χ1n) is 3.14. The predicted octanol–water partition coefficient (Wildman–Crippen LogP) is 3.58. The van der Waals surface area contributed by atoms with Crippen LogP contribution in [-0.2, 0) is 0 Å². The summed E-state index contributed by atoms with van der Waals surface area (Å²) in [6, 6.07) is 0. The molecule has 0 aliphatic rings. The Balaban J connectivity index is 3.88. The second-order valence-corrected chi connectivity index (χ2v) is 5.88. The van der Waals surface area contributed by atoms with Crippen LogP contribution in [0.15, 0.2) is 0 Å². The molecule has 0 aromatic carbocycles. The van der Waals surface area contributed by atoms with Crippen molar-refractivity contribution in [3.05, 3.63) is 0 Å². The monoisotopic (exact) mass is 256 g/mol. The van der Waals surface area contributed by atoms with Crippen LogP contribution in [-0.4, -0.2) is 9.65 Å². The minimum absolute atomic E-state index is 0.350. The smallest absolute Gasteiger partial charge is 0.0316 e. The Morgan fingerprint density at radius 3 is 1.44 bits per heavy atom. The van der Waals surface area contributed by atoms with Gasteiger partial charge in [0.1, 0.15) is 0 Å². The Bertz CT molecular complexity index is 81.4. The van der Waals surface area contributed by atoms with E-state index in [0.29, 0.717) is 15.1 Å². The summed E-state index contributed by atoms with van der Waals surface area (Å²) in [7, 11) is 0. The molecule has 0 saturated carbocycles. The zero-order valence-corrected chi connectivity index (χ0v) is 9.58. The first kappa shape index (κ1) is 9.96. The number of hydrogen-bond acceptors (Lipinski definition) is 0. The van der Waals surface area contributed by atoms with E-state index in [4.69, 9.17) is 0 Å². The molecule has 0 aromatic rings. The van der Waals surface area contributed by atoms with Crippen molar-refractivity contribution in [2.75, 3.05) is 0 Å². The molecule has 9 heavy (non-hydrogen) atoms. The van der Waals surface area contributed by atoms with Gasteiger partial charge in [-0.05, 0) is 5.41 Å². The zero-order valence-electron chi connectivity index (χ0n) is 6.41. The van der Waals surface area contributed by atoms with Gasteiger partial charge in [0.2, 0.25) is 0 Å². The second kappa shape index (κ2) is 3.38. The molecule has 0 radical (unpaired) electrons. The van der Waals surface area contributed by atoms with Gasteiger partial charge in [-0.1, -0.05) is 59.6 Å². The summed E-state index contributed by atoms with van der Waals surface area (Å²) in [6.07, 6.45) is 0. The molecule has 2 unspecified atom stereocenters. The topological polar surface area (TPSA) is 0 Å². The highest BCUT2D eigenvalue weighted by molar-refractivity contribution is 9.12. The van der Waals surface area contributed by atoms with E-state index in [1.807, 2.05) is 0 Å². The van der Waals surface area contributed by atoms with Gasteiger partial charge in [-0.3, -0.25) is 0 Å². The highest BCUT2D eigenvalue weighted by Gasteiger charge is 2.25. The standard InChI is InChI=1S/C7H14Br2/c1-5(8)6(9)7(2,3)4/h5-6H,1-4H3. The number of hydrogen-bond donors (Lipinski definition) is 0. The fraction of sp³-hybridized carbons (Fsp3) is 1.00. The van der Waals surface area contributed by atoms with Gasteiger partial charge in [0, 0.05) is 9.65 Å². The van der Waals surface area contributed by atoms with Crippen LogP contribution >= 0.6 is 31.9 Å². The maximum absolute atomic E-state index is 3.62. The summed E-state index contributed by atoms with van der Waals surface area (Å²) in [5.41, 5.74) is 0.350. The molecule has 0 aliphatic heterocycles. The number of rotatable bonds is 1. The van der Waals surface area contributed by atoms with Gasteiger partial charge >= 0.3 is 0 Å². The summed E-state index contributed by atoms with van der Waals surface area (Å²) in [5.74, 6) is 0. The molecule has 0 aromatic heterocycles. The van der Waals surface area contributed by atoms with Gasteiger partial charge in [0.15, 0.2) is 0 Å². The fourth-order valence-corrected chi connectivity index (χ4v) is 1.48. The lowest BCUT2D eigenvalue weighted by Gasteiger charge is -2.27. The van der Waals surface area contributed by atoms with Crippen LogP contribution in [0.1, 0.15) is 27.7 Å². The molecule has 0 heterocycles. The third-order valence-corrected chi connectivity index (χ3v) is 4.64. The molecular formula is C7H14Br2. The zero-order chi connectivity index (χ0) is 7.65. The summed E-state index contributed by atoms with van der Waals surface area (Å²) in [6.45, 7) is 8.84. The second-order valence-electron chi connectivity index (χ2n) is 3.45. The summed E-state index contributed by atoms with van der Waals surface area (Å²) < 4.78 is 0. The lowest BCUT2D eigenvalue weighted by Crippen LogP contribution is -2.26. The van der Waals surface area contributed by atoms with E-state index in [1.54, 1.807) is 0 Å². The molecule has 0 bridgehead atoms. The van der Waals surface area contributed by atoms with E-state index in [0.717, 1.165) is 0 Å². The van der Waals surface area contributed by atoms with Crippen molar-refractivity contribution in [2.45, 2.75) is 37.3 Å². The molecule has 56 valence electrons. The normalized spacial score (nSPS) is 19.3. The average Bonchev–Trinajstić information content (AvgIpc) is 1.62. The molecule has 0 N–H and O–H groups in total. The summed E-state index contributed by atoms with van der Waals surface area (Å²) in [4.78, 5) is 1.09. The van der Waals surface area contributed by atoms with Gasteiger partial charge in [-0.25, -0.2) is 0 Å². The molecule has 0 fully saturated rings. The lowest BCUT2D eigenvalue weighted by molar-refractivity contribution is 0.400. The largest absolute Gasteiger partial charge is 0.0881 e. The van der Waals surface area contributed by atoms with E-state index in [2.05, 4.69) is 59.6 Å². The fourth-order valence-electron chi connectivity index (χ4n) is 0.689. The predicted molar refractivity (Wildman–Crippen MR) is 50.6 cm³/mol. The maximum atomic E-state index is 3.62. The Hall–Kier alpha value is 0.960. The van der Waals surface area contributed by atoms with E-state index < -0.39 is 0 Å². The Kier molecular flexibility index (Phi) is 3.74. The highest BCUT2D eigenvalue weighted by Crippen LogP contribution is 2.31. The first-order valence-corrected chi connectivity index (χ1v) is 4.97. The number of halogens is 2. The van der Waals surface area contributed by atoms with Crippen LogP contribution in [0.25, 0.3) is 0 Å². The Morgan fingerprint density at radius 1 is 1.11 bits per heavy atom. The lowest BCUT2D eigenvalue weighted by atomic mass is 9.91. The molecule has 0 nitrogen and oxygen atoms in total. The van der Waals surface area contributed by atoms with E-state index in [-0.39, 0.29) is 0 Å². The molecule has 0 aliphatic carbocycles. The van der Waals surface area contributed by atoms with Gasteiger partial charge in [0.05, 0.1) is 0 Å². The Labute approximate surface area is 74.7 Å². The van der Waals surface area contributed by atoms with Crippen molar-refractivity contribution >= 4 is 31.9 Å². The van der Waals surface area contributed by atoms with Crippen LogP contribution < -0.4 is 0 Å². The molecule has 2 atom stereocenters. The highest BCUT2D eigenvalue weighted by atomic mass is 79.9. The molecule has 0 saturated heterocycles. The van der Waals surface area contributed by atoms with Crippen LogP contribution in [0.5, 0.6) is 0 Å². The molecule has 0 rings (SSSR count). The van der Waals surface area contributed by atoms with Crippen molar-refractivity contribution in [1.29, 1.82) is 0 Å². The first-order chi connectivity index (χ1) is 3.85. The quantitative estimate of drug-likeness (QED) is 0.630. The van der Waals surface area contributed by atoms with Crippen molar-refractivity contribution in [2.24, 2.45) is 5.41 Å². The average molecular weight is 258 g/mol. The van der Waals surface area contributed by atoms with Gasteiger partial charge < -0.3 is 0 Å². The van der Waals surface area contributed by atoms with E-state index >= 15 is 0 Å². The minimum atomic E-state index is 0.350. The van der Waals surface area contributed by atoms with Crippen molar-refractivity contribution in [1.82, 2.24) is 0 Å². The van der Waals surface area contributed by atoms with Crippen molar-refractivity contribution in [3.63, 3.8) is 0 Å². The maximum Gasteiger partial charge on any atom is 0.0316 e. The summed E-state index contributed by atoms with van der Waals surface area (Å²) >= 11 is 7.14. The molecular weight excluding hydrogens is 244 g/mol. The van der Waals surface area contributed by atoms with E-state index in [1.165, 1.54) is 0 Å². The van der Waals surface area contributed by atoms with Crippen LogP contribution in [0.4, 0.5) is 0 Å². The third kappa shape index (κ3) is 3.61. The van der Waals surface area contributed by atoms with Gasteiger partial charge in [-0.15, -0.1) is 0 Å². The van der Waals surface area contributed by atoms with Gasteiger partial charge in [0.25, 0.3) is 0 Å². The van der Waals surface area contributed by atoms with Crippen molar-refractivity contribution < 1.29 is 0 Å². The number of alkyl halides is 2. The van der Waals surface area contributed by atoms with Gasteiger partial charge in [-0.2, -0.15) is 0 Å². The molecule has 2 heteroatoms. The van der Waals surface area contributed by atoms with Crippen molar-refractivity contribution in [3.8, 4) is 0 Å². The van der Waals surface area contributed by atoms with E-state index in [9.17, 15) is 0 Å². The molecule has 0 amide bonds. The third-order valence-electron chi connectivity index (χ3n) is 1.23. The van der Waals surface area contributed by atoms with Crippen LogP contribution in [0.3, 0.4) is 0 Å². The Morgan fingerprint density at radius 2 is 1.44 bits per heavy atom.